The first kappa shape index (κ1) is 13.9. The van der Waals surface area contributed by atoms with Crippen molar-refractivity contribution in [2.75, 3.05) is 0 Å². The van der Waals surface area contributed by atoms with Gasteiger partial charge in [0, 0.05) is 12.0 Å². The van der Waals surface area contributed by atoms with Crippen molar-refractivity contribution in [2.45, 2.75) is 40.5 Å². The zero-order valence-electron chi connectivity index (χ0n) is 12.0. The van der Waals surface area contributed by atoms with Crippen LogP contribution in [0.2, 0.25) is 0 Å². The smallest absolute Gasteiger partial charge is 0.130 e. The SMILES string of the molecule is CCCc1nc(=S)cc(-c2c(C)cc(C)cc2C)[nH]1. The largest absolute Gasteiger partial charge is 0.343 e. The normalized spacial score (nSPS) is 10.7. The zero-order valence-corrected chi connectivity index (χ0v) is 12.8. The molecule has 0 aliphatic rings. The van der Waals surface area contributed by atoms with Crippen molar-refractivity contribution < 1.29 is 0 Å². The molecule has 0 saturated carbocycles. The highest BCUT2D eigenvalue weighted by atomic mass is 32.1. The first-order chi connectivity index (χ1) is 9.01. The predicted octanol–water partition coefficient (Wildman–Crippen LogP) is 4.68. The zero-order chi connectivity index (χ0) is 14.0. The summed E-state index contributed by atoms with van der Waals surface area (Å²) in [4.78, 5) is 7.81. The summed E-state index contributed by atoms with van der Waals surface area (Å²) in [6, 6.07) is 6.37. The number of hydrogen-bond acceptors (Lipinski definition) is 2. The number of benzene rings is 1. The molecule has 2 rings (SSSR count). The van der Waals surface area contributed by atoms with E-state index in [4.69, 9.17) is 12.2 Å². The van der Waals surface area contributed by atoms with E-state index < -0.39 is 0 Å². The van der Waals surface area contributed by atoms with Crippen LogP contribution in [0.5, 0.6) is 0 Å². The number of H-pyrrole nitrogens is 1. The van der Waals surface area contributed by atoms with E-state index >= 15 is 0 Å². The first-order valence-corrected chi connectivity index (χ1v) is 7.10. The number of hydrogen-bond donors (Lipinski definition) is 1. The van der Waals surface area contributed by atoms with Gasteiger partial charge in [-0.3, -0.25) is 0 Å². The van der Waals surface area contributed by atoms with Crippen LogP contribution in [0.25, 0.3) is 11.3 Å². The van der Waals surface area contributed by atoms with Crippen molar-refractivity contribution in [1.82, 2.24) is 9.97 Å². The van der Waals surface area contributed by atoms with Gasteiger partial charge in [0.25, 0.3) is 0 Å². The van der Waals surface area contributed by atoms with E-state index in [2.05, 4.69) is 49.8 Å². The average Bonchev–Trinajstić information content (AvgIpc) is 2.26. The summed E-state index contributed by atoms with van der Waals surface area (Å²) in [6.07, 6.45) is 2.00. The Morgan fingerprint density at radius 2 is 1.74 bits per heavy atom. The molecule has 0 fully saturated rings. The summed E-state index contributed by atoms with van der Waals surface area (Å²) in [6.45, 7) is 8.56. The molecule has 1 N–H and O–H groups in total. The van der Waals surface area contributed by atoms with E-state index in [0.29, 0.717) is 4.64 Å². The van der Waals surface area contributed by atoms with Gasteiger partial charge < -0.3 is 4.98 Å². The third-order valence-corrected chi connectivity index (χ3v) is 3.43. The summed E-state index contributed by atoms with van der Waals surface area (Å²) in [5.41, 5.74) is 6.17. The fourth-order valence-electron chi connectivity index (χ4n) is 2.60. The highest BCUT2D eigenvalue weighted by Crippen LogP contribution is 2.27. The Kier molecular flexibility index (Phi) is 4.15. The van der Waals surface area contributed by atoms with Crippen molar-refractivity contribution in [1.29, 1.82) is 0 Å². The number of nitrogens with zero attached hydrogens (tertiary/aromatic N) is 1. The molecule has 3 heteroatoms. The van der Waals surface area contributed by atoms with E-state index in [1.54, 1.807) is 0 Å². The van der Waals surface area contributed by atoms with Crippen LogP contribution >= 0.6 is 12.2 Å². The van der Waals surface area contributed by atoms with Crippen molar-refractivity contribution in [2.24, 2.45) is 0 Å². The van der Waals surface area contributed by atoms with Crippen LogP contribution in [0.15, 0.2) is 18.2 Å². The van der Waals surface area contributed by atoms with Gasteiger partial charge in [-0.05, 0) is 44.4 Å². The minimum atomic E-state index is 0.663. The molecule has 0 aliphatic heterocycles. The highest BCUT2D eigenvalue weighted by Gasteiger charge is 2.08. The molecule has 0 saturated heterocycles. The van der Waals surface area contributed by atoms with Crippen LogP contribution < -0.4 is 0 Å². The third kappa shape index (κ3) is 3.10. The lowest BCUT2D eigenvalue weighted by Crippen LogP contribution is -1.99. The molecule has 0 amide bonds. The van der Waals surface area contributed by atoms with E-state index in [1.807, 2.05) is 6.07 Å². The summed E-state index contributed by atoms with van der Waals surface area (Å²) >= 11 is 5.28. The molecule has 0 bridgehead atoms. The van der Waals surface area contributed by atoms with E-state index in [1.165, 1.54) is 22.3 Å². The molecule has 0 atom stereocenters. The second kappa shape index (κ2) is 5.66. The number of rotatable bonds is 3. The second-order valence-corrected chi connectivity index (χ2v) is 5.52. The van der Waals surface area contributed by atoms with Gasteiger partial charge in [-0.2, -0.15) is 0 Å². The molecule has 2 aromatic rings. The van der Waals surface area contributed by atoms with E-state index in [9.17, 15) is 0 Å². The van der Waals surface area contributed by atoms with E-state index in [0.717, 1.165) is 24.4 Å². The van der Waals surface area contributed by atoms with Gasteiger partial charge in [-0.1, -0.05) is 36.8 Å². The van der Waals surface area contributed by atoms with Crippen molar-refractivity contribution in [3.63, 3.8) is 0 Å². The Morgan fingerprint density at radius 1 is 1.11 bits per heavy atom. The number of nitrogens with one attached hydrogen (secondary N) is 1. The summed E-state index contributed by atoms with van der Waals surface area (Å²) in [7, 11) is 0. The molecule has 1 aromatic carbocycles. The Balaban J connectivity index is 2.62. The second-order valence-electron chi connectivity index (χ2n) is 5.10. The van der Waals surface area contributed by atoms with Gasteiger partial charge in [0.2, 0.25) is 0 Å². The van der Waals surface area contributed by atoms with Crippen molar-refractivity contribution >= 4 is 12.2 Å². The predicted molar refractivity (Wildman–Crippen MR) is 83.1 cm³/mol. The molecule has 100 valence electrons. The topological polar surface area (TPSA) is 28.7 Å². The van der Waals surface area contributed by atoms with Crippen LogP contribution in [0.3, 0.4) is 0 Å². The monoisotopic (exact) mass is 272 g/mol. The van der Waals surface area contributed by atoms with Gasteiger partial charge in [0.1, 0.15) is 10.5 Å². The number of aromatic amines is 1. The van der Waals surface area contributed by atoms with Crippen LogP contribution in [0.1, 0.15) is 35.9 Å². The maximum absolute atomic E-state index is 5.28. The van der Waals surface area contributed by atoms with Crippen LogP contribution in [0, 0.1) is 25.4 Å². The van der Waals surface area contributed by atoms with Crippen molar-refractivity contribution in [3.05, 3.63) is 45.4 Å². The quantitative estimate of drug-likeness (QED) is 0.822. The lowest BCUT2D eigenvalue weighted by atomic mass is 9.97. The molecule has 0 spiro atoms. The average molecular weight is 272 g/mol. The number of aromatic nitrogens is 2. The van der Waals surface area contributed by atoms with Gasteiger partial charge in [0.15, 0.2) is 0 Å². The fourth-order valence-corrected chi connectivity index (χ4v) is 2.83. The maximum Gasteiger partial charge on any atom is 0.130 e. The minimum absolute atomic E-state index is 0.663. The Hall–Kier alpha value is -1.48. The number of aryl methyl sites for hydroxylation is 4. The molecule has 1 aromatic heterocycles. The van der Waals surface area contributed by atoms with Crippen molar-refractivity contribution in [3.8, 4) is 11.3 Å². The fraction of sp³-hybridized carbons (Fsp3) is 0.375. The van der Waals surface area contributed by atoms with Crippen LogP contribution in [-0.4, -0.2) is 9.97 Å². The van der Waals surface area contributed by atoms with Gasteiger partial charge in [-0.25, -0.2) is 4.98 Å². The lowest BCUT2D eigenvalue weighted by molar-refractivity contribution is 0.833. The summed E-state index contributed by atoms with van der Waals surface area (Å²) in [5.74, 6) is 0.976. The molecule has 0 aliphatic carbocycles. The minimum Gasteiger partial charge on any atom is -0.343 e. The summed E-state index contributed by atoms with van der Waals surface area (Å²) < 4.78 is 0.663. The Morgan fingerprint density at radius 3 is 2.32 bits per heavy atom. The van der Waals surface area contributed by atoms with E-state index in [-0.39, 0.29) is 0 Å². The highest BCUT2D eigenvalue weighted by molar-refractivity contribution is 7.71. The third-order valence-electron chi connectivity index (χ3n) is 3.23. The molecule has 0 radical (unpaired) electrons. The Labute approximate surface area is 119 Å². The Bertz CT molecular complexity index is 633. The van der Waals surface area contributed by atoms with Crippen LogP contribution in [-0.2, 0) is 6.42 Å². The lowest BCUT2D eigenvalue weighted by Gasteiger charge is -2.12. The molecule has 2 nitrogen and oxygen atoms in total. The first-order valence-electron chi connectivity index (χ1n) is 6.69. The van der Waals surface area contributed by atoms with Gasteiger partial charge >= 0.3 is 0 Å². The maximum atomic E-state index is 5.28. The molecule has 19 heavy (non-hydrogen) atoms. The molecular formula is C16H20N2S. The molecule has 0 unspecified atom stereocenters. The van der Waals surface area contributed by atoms with Crippen LogP contribution in [0.4, 0.5) is 0 Å². The molecule has 1 heterocycles. The molecular weight excluding hydrogens is 252 g/mol. The summed E-state index contributed by atoms with van der Waals surface area (Å²) in [5, 5.41) is 0. The van der Waals surface area contributed by atoms with Gasteiger partial charge in [0.05, 0.1) is 5.69 Å². The standard InChI is InChI=1S/C16H20N2S/c1-5-6-14-17-13(9-15(19)18-14)16-11(3)7-10(2)8-12(16)4/h7-9H,5-6H2,1-4H3,(H,17,18,19). The van der Waals surface area contributed by atoms with Gasteiger partial charge in [-0.15, -0.1) is 0 Å².